The minimum Gasteiger partial charge on any atom is -0.478 e. The van der Waals surface area contributed by atoms with Gasteiger partial charge in [-0.3, -0.25) is 9.69 Å². The van der Waals surface area contributed by atoms with Gasteiger partial charge in [0, 0.05) is 19.2 Å². The molecule has 1 aromatic rings. The molecule has 0 aromatic heterocycles. The Hall–Kier alpha value is -2.14. The first-order valence-corrected chi connectivity index (χ1v) is 6.56. The van der Waals surface area contributed by atoms with Gasteiger partial charge in [-0.05, 0) is 30.2 Å². The number of carboxylic acids is 1. The lowest BCUT2D eigenvalue weighted by atomic mass is 10.1. The zero-order valence-electron chi connectivity index (χ0n) is 11.2. The molecule has 5 nitrogen and oxygen atoms in total. The fourth-order valence-corrected chi connectivity index (χ4v) is 2.43. The SMILES string of the molecule is NC(=O)C1CCN(Cc2cccc(/C=C/C(=O)O)c2)C1. The number of carbonyl (C=O) groups excluding carboxylic acids is 1. The van der Waals surface area contributed by atoms with E-state index < -0.39 is 5.97 Å². The Morgan fingerprint density at radius 1 is 1.45 bits per heavy atom. The summed E-state index contributed by atoms with van der Waals surface area (Å²) in [5.74, 6) is -1.24. The molecule has 1 aliphatic heterocycles. The number of benzene rings is 1. The minimum absolute atomic E-state index is 0.0508. The van der Waals surface area contributed by atoms with Crippen molar-refractivity contribution in [2.75, 3.05) is 13.1 Å². The molecule has 5 heteroatoms. The lowest BCUT2D eigenvalue weighted by Gasteiger charge is -2.15. The van der Waals surface area contributed by atoms with Crippen LogP contribution >= 0.6 is 0 Å². The van der Waals surface area contributed by atoms with Gasteiger partial charge in [0.25, 0.3) is 0 Å². The Bertz CT molecular complexity index is 540. The molecule has 1 heterocycles. The highest BCUT2D eigenvalue weighted by molar-refractivity contribution is 5.85. The summed E-state index contributed by atoms with van der Waals surface area (Å²) in [6.07, 6.45) is 3.51. The molecule has 1 unspecified atom stereocenters. The van der Waals surface area contributed by atoms with E-state index in [1.54, 1.807) is 6.08 Å². The first-order chi connectivity index (χ1) is 9.54. The maximum absolute atomic E-state index is 11.1. The summed E-state index contributed by atoms with van der Waals surface area (Å²) in [6.45, 7) is 2.31. The molecule has 20 heavy (non-hydrogen) atoms. The van der Waals surface area contributed by atoms with Gasteiger partial charge in [-0.1, -0.05) is 24.3 Å². The normalized spacial score (nSPS) is 19.5. The zero-order chi connectivity index (χ0) is 14.5. The molecule has 1 atom stereocenters. The van der Waals surface area contributed by atoms with Crippen LogP contribution in [0.5, 0.6) is 0 Å². The Morgan fingerprint density at radius 2 is 2.25 bits per heavy atom. The maximum Gasteiger partial charge on any atom is 0.328 e. The van der Waals surface area contributed by atoms with Crippen molar-refractivity contribution >= 4 is 18.0 Å². The molecule has 0 radical (unpaired) electrons. The number of carbonyl (C=O) groups is 2. The van der Waals surface area contributed by atoms with Crippen LogP contribution in [0, 0.1) is 5.92 Å². The average molecular weight is 274 g/mol. The lowest BCUT2D eigenvalue weighted by molar-refractivity contribution is -0.131. The first-order valence-electron chi connectivity index (χ1n) is 6.56. The van der Waals surface area contributed by atoms with Crippen LogP contribution in [0.15, 0.2) is 30.3 Å². The molecule has 1 fully saturated rings. The topological polar surface area (TPSA) is 83.6 Å². The van der Waals surface area contributed by atoms with Crippen LogP contribution in [-0.2, 0) is 16.1 Å². The second kappa shape index (κ2) is 6.34. The van der Waals surface area contributed by atoms with Crippen molar-refractivity contribution in [2.45, 2.75) is 13.0 Å². The van der Waals surface area contributed by atoms with E-state index in [1.807, 2.05) is 24.3 Å². The van der Waals surface area contributed by atoms with E-state index in [0.717, 1.165) is 36.7 Å². The fourth-order valence-electron chi connectivity index (χ4n) is 2.43. The highest BCUT2D eigenvalue weighted by atomic mass is 16.4. The van der Waals surface area contributed by atoms with E-state index in [2.05, 4.69) is 4.90 Å². The van der Waals surface area contributed by atoms with Crippen molar-refractivity contribution < 1.29 is 14.7 Å². The molecule has 0 spiro atoms. The van der Waals surface area contributed by atoms with Crippen molar-refractivity contribution in [1.82, 2.24) is 4.90 Å². The first kappa shape index (κ1) is 14.3. The molecule has 0 saturated carbocycles. The van der Waals surface area contributed by atoms with E-state index in [9.17, 15) is 9.59 Å². The highest BCUT2D eigenvalue weighted by Crippen LogP contribution is 2.19. The Labute approximate surface area is 117 Å². The number of likely N-dealkylation sites (tertiary alicyclic amines) is 1. The van der Waals surface area contributed by atoms with Crippen LogP contribution in [0.1, 0.15) is 17.5 Å². The lowest BCUT2D eigenvalue weighted by Crippen LogP contribution is -2.27. The number of hydrogen-bond acceptors (Lipinski definition) is 3. The molecular formula is C15H18N2O3. The van der Waals surface area contributed by atoms with Gasteiger partial charge in [-0.2, -0.15) is 0 Å². The smallest absolute Gasteiger partial charge is 0.328 e. The second-order valence-corrected chi connectivity index (χ2v) is 5.04. The summed E-state index contributed by atoms with van der Waals surface area (Å²) in [5.41, 5.74) is 7.27. The summed E-state index contributed by atoms with van der Waals surface area (Å²) in [6, 6.07) is 7.71. The highest BCUT2D eigenvalue weighted by Gasteiger charge is 2.26. The van der Waals surface area contributed by atoms with E-state index in [0.29, 0.717) is 6.54 Å². The minimum atomic E-state index is -0.959. The predicted octanol–water partition coefficient (Wildman–Crippen LogP) is 1.09. The molecule has 2 rings (SSSR count). The Balaban J connectivity index is 1.98. The molecule has 3 N–H and O–H groups in total. The van der Waals surface area contributed by atoms with Gasteiger partial charge in [0.1, 0.15) is 0 Å². The number of hydrogen-bond donors (Lipinski definition) is 2. The van der Waals surface area contributed by atoms with E-state index in [4.69, 9.17) is 10.8 Å². The summed E-state index contributed by atoms with van der Waals surface area (Å²) in [4.78, 5) is 23.8. The summed E-state index contributed by atoms with van der Waals surface area (Å²) in [5, 5.41) is 8.62. The van der Waals surface area contributed by atoms with Crippen LogP contribution < -0.4 is 5.73 Å². The third-order valence-electron chi connectivity index (χ3n) is 3.45. The summed E-state index contributed by atoms with van der Waals surface area (Å²) in [7, 11) is 0. The van der Waals surface area contributed by atoms with Gasteiger partial charge in [-0.15, -0.1) is 0 Å². The van der Waals surface area contributed by atoms with Crippen molar-refractivity contribution in [3.8, 4) is 0 Å². The zero-order valence-corrected chi connectivity index (χ0v) is 11.2. The van der Waals surface area contributed by atoms with Crippen LogP contribution in [0.4, 0.5) is 0 Å². The van der Waals surface area contributed by atoms with E-state index in [1.165, 1.54) is 0 Å². The Morgan fingerprint density at radius 3 is 2.90 bits per heavy atom. The Kier molecular flexibility index (Phi) is 4.53. The number of rotatable bonds is 5. The van der Waals surface area contributed by atoms with Crippen LogP contribution in [0.3, 0.4) is 0 Å². The number of nitrogens with two attached hydrogens (primary N) is 1. The van der Waals surface area contributed by atoms with E-state index in [-0.39, 0.29) is 11.8 Å². The quantitative estimate of drug-likeness (QED) is 0.787. The van der Waals surface area contributed by atoms with Crippen molar-refractivity contribution in [3.63, 3.8) is 0 Å². The van der Waals surface area contributed by atoms with Gasteiger partial charge in [-0.25, -0.2) is 4.79 Å². The van der Waals surface area contributed by atoms with Crippen molar-refractivity contribution in [2.24, 2.45) is 11.7 Å². The van der Waals surface area contributed by atoms with Gasteiger partial charge in [0.2, 0.25) is 5.91 Å². The standard InChI is InChI=1S/C15H18N2O3/c16-15(20)13-6-7-17(10-13)9-12-3-1-2-11(8-12)4-5-14(18)19/h1-5,8,13H,6-7,9-10H2,(H2,16,20)(H,18,19)/b5-4+. The molecular weight excluding hydrogens is 256 g/mol. The van der Waals surface area contributed by atoms with Crippen molar-refractivity contribution in [3.05, 3.63) is 41.5 Å². The third-order valence-corrected chi connectivity index (χ3v) is 3.45. The second-order valence-electron chi connectivity index (χ2n) is 5.04. The monoisotopic (exact) mass is 274 g/mol. The number of amides is 1. The van der Waals surface area contributed by atoms with Gasteiger partial charge < -0.3 is 10.8 Å². The van der Waals surface area contributed by atoms with Gasteiger partial charge in [0.15, 0.2) is 0 Å². The van der Waals surface area contributed by atoms with Crippen LogP contribution in [0.25, 0.3) is 6.08 Å². The number of primary amides is 1. The van der Waals surface area contributed by atoms with Crippen LogP contribution in [-0.4, -0.2) is 35.0 Å². The number of nitrogens with zero attached hydrogens (tertiary/aromatic N) is 1. The molecule has 1 saturated heterocycles. The maximum atomic E-state index is 11.1. The molecule has 106 valence electrons. The number of aliphatic carboxylic acids is 1. The molecule has 1 amide bonds. The predicted molar refractivity (Wildman–Crippen MR) is 75.7 cm³/mol. The summed E-state index contributed by atoms with van der Waals surface area (Å²) < 4.78 is 0. The van der Waals surface area contributed by atoms with Gasteiger partial charge >= 0.3 is 5.97 Å². The largest absolute Gasteiger partial charge is 0.478 e. The molecule has 1 aliphatic rings. The molecule has 1 aromatic carbocycles. The summed E-state index contributed by atoms with van der Waals surface area (Å²) >= 11 is 0. The van der Waals surface area contributed by atoms with Gasteiger partial charge in [0.05, 0.1) is 5.92 Å². The molecule has 0 aliphatic carbocycles. The van der Waals surface area contributed by atoms with Crippen molar-refractivity contribution in [1.29, 1.82) is 0 Å². The molecule has 0 bridgehead atoms. The van der Waals surface area contributed by atoms with Crippen LogP contribution in [0.2, 0.25) is 0 Å². The average Bonchev–Trinajstić information content (AvgIpc) is 2.85. The van der Waals surface area contributed by atoms with E-state index >= 15 is 0 Å². The fraction of sp³-hybridized carbons (Fsp3) is 0.333. The third kappa shape index (κ3) is 3.93. The number of carboxylic acid groups (broad SMARTS) is 1.